The zero-order valence-electron chi connectivity index (χ0n) is 20.3. The van der Waals surface area contributed by atoms with Crippen molar-refractivity contribution in [1.82, 2.24) is 15.2 Å². The summed E-state index contributed by atoms with van der Waals surface area (Å²) in [5.41, 5.74) is 1.95. The van der Waals surface area contributed by atoms with Crippen molar-refractivity contribution in [3.05, 3.63) is 83.2 Å². The highest BCUT2D eigenvalue weighted by Crippen LogP contribution is 2.29. The molecule has 35 heavy (non-hydrogen) atoms. The summed E-state index contributed by atoms with van der Waals surface area (Å²) < 4.78 is 26.5. The number of halogens is 1. The summed E-state index contributed by atoms with van der Waals surface area (Å²) in [4.78, 5) is 21.2. The number of ether oxygens (including phenoxy) is 2. The van der Waals surface area contributed by atoms with Crippen molar-refractivity contribution in [3.63, 3.8) is 0 Å². The first kappa shape index (κ1) is 24.5. The van der Waals surface area contributed by atoms with Crippen LogP contribution in [0.4, 0.5) is 10.2 Å². The van der Waals surface area contributed by atoms with Gasteiger partial charge >= 0.3 is 0 Å². The number of aromatic nitrogens is 1. The molecule has 2 aromatic carbocycles. The molecule has 0 saturated heterocycles. The van der Waals surface area contributed by atoms with Gasteiger partial charge in [0.1, 0.15) is 23.5 Å². The fraction of sp³-hybridized carbons (Fsp3) is 0.333. The van der Waals surface area contributed by atoms with Crippen molar-refractivity contribution < 1.29 is 18.7 Å². The number of rotatable bonds is 9. The average molecular weight is 479 g/mol. The van der Waals surface area contributed by atoms with Crippen molar-refractivity contribution >= 4 is 11.7 Å². The lowest BCUT2D eigenvalue weighted by atomic mass is 10.1. The molecule has 1 atom stereocenters. The maximum absolute atomic E-state index is 15.1. The number of pyridine rings is 1. The number of amides is 1. The Kier molecular flexibility index (Phi) is 7.82. The van der Waals surface area contributed by atoms with Gasteiger partial charge in [0.2, 0.25) is 5.88 Å². The van der Waals surface area contributed by atoms with Crippen LogP contribution in [0.1, 0.15) is 34.0 Å². The number of fused-ring (bicyclic) bond motifs is 1. The zero-order chi connectivity index (χ0) is 24.8. The van der Waals surface area contributed by atoms with Gasteiger partial charge in [-0.2, -0.15) is 4.98 Å². The van der Waals surface area contributed by atoms with E-state index in [-0.39, 0.29) is 18.6 Å². The van der Waals surface area contributed by atoms with Crippen LogP contribution in [0.5, 0.6) is 11.6 Å². The zero-order valence-corrected chi connectivity index (χ0v) is 20.3. The molecule has 1 aliphatic heterocycles. The van der Waals surface area contributed by atoms with E-state index in [9.17, 15) is 4.79 Å². The average Bonchev–Trinajstić information content (AvgIpc) is 3.00. The molecule has 4 rings (SSSR count). The molecule has 1 unspecified atom stereocenters. The van der Waals surface area contributed by atoms with Crippen LogP contribution in [0.25, 0.3) is 0 Å². The first-order valence-electron chi connectivity index (χ1n) is 11.7. The Labute approximate surface area is 205 Å². The van der Waals surface area contributed by atoms with Crippen molar-refractivity contribution in [1.29, 1.82) is 0 Å². The van der Waals surface area contributed by atoms with Crippen LogP contribution in [0.15, 0.2) is 60.7 Å². The van der Waals surface area contributed by atoms with Crippen LogP contribution >= 0.6 is 0 Å². The Hall–Kier alpha value is -3.65. The largest absolute Gasteiger partial charge is 0.486 e. The normalized spacial score (nSPS) is 14.3. The molecule has 0 spiro atoms. The van der Waals surface area contributed by atoms with E-state index in [1.54, 1.807) is 36.3 Å². The predicted molar refractivity (Wildman–Crippen MR) is 134 cm³/mol. The van der Waals surface area contributed by atoms with Crippen molar-refractivity contribution in [2.24, 2.45) is 0 Å². The van der Waals surface area contributed by atoms with E-state index >= 15 is 4.39 Å². The Bertz CT molecular complexity index is 1160. The number of benzene rings is 2. The van der Waals surface area contributed by atoms with E-state index in [1.807, 2.05) is 49.3 Å². The molecular weight excluding hydrogens is 447 g/mol. The number of hydrogen-bond acceptors (Lipinski definition) is 6. The third kappa shape index (κ3) is 5.71. The maximum atomic E-state index is 15.1. The molecule has 1 aliphatic rings. The van der Waals surface area contributed by atoms with Crippen LogP contribution in [-0.2, 0) is 6.54 Å². The van der Waals surface area contributed by atoms with Gasteiger partial charge in [-0.15, -0.1) is 0 Å². The minimum absolute atomic E-state index is 0.159. The lowest BCUT2D eigenvalue weighted by molar-refractivity contribution is 0.0753. The molecule has 7 nitrogen and oxygen atoms in total. The van der Waals surface area contributed by atoms with E-state index in [0.717, 1.165) is 18.5 Å². The summed E-state index contributed by atoms with van der Waals surface area (Å²) in [6.45, 7) is 1.96. The molecule has 3 aromatic rings. The second kappa shape index (κ2) is 11.2. The Morgan fingerprint density at radius 1 is 1.11 bits per heavy atom. The van der Waals surface area contributed by atoms with Crippen LogP contribution in [0.3, 0.4) is 0 Å². The fourth-order valence-corrected chi connectivity index (χ4v) is 4.14. The minimum Gasteiger partial charge on any atom is -0.486 e. The third-order valence-corrected chi connectivity index (χ3v) is 6.14. The van der Waals surface area contributed by atoms with Gasteiger partial charge in [0, 0.05) is 50.8 Å². The van der Waals surface area contributed by atoms with Crippen molar-refractivity contribution in [2.75, 3.05) is 45.7 Å². The molecule has 2 heterocycles. The summed E-state index contributed by atoms with van der Waals surface area (Å²) in [6.07, 6.45) is 0.551. The van der Waals surface area contributed by atoms with Gasteiger partial charge in [0.05, 0.1) is 12.7 Å². The van der Waals surface area contributed by atoms with Crippen molar-refractivity contribution in [2.45, 2.75) is 19.1 Å². The van der Waals surface area contributed by atoms with E-state index in [2.05, 4.69) is 10.3 Å². The predicted octanol–water partition coefficient (Wildman–Crippen LogP) is 4.05. The van der Waals surface area contributed by atoms with E-state index < -0.39 is 5.82 Å². The van der Waals surface area contributed by atoms with Gasteiger partial charge < -0.3 is 24.6 Å². The van der Waals surface area contributed by atoms with E-state index in [1.165, 1.54) is 6.07 Å². The molecule has 0 aliphatic carbocycles. The number of methoxy groups -OCH3 is 1. The van der Waals surface area contributed by atoms with Gasteiger partial charge in [0.25, 0.3) is 5.91 Å². The van der Waals surface area contributed by atoms with Gasteiger partial charge in [0.15, 0.2) is 0 Å². The number of carbonyl (C=O) groups is 1. The lowest BCUT2D eigenvalue weighted by Crippen LogP contribution is -2.33. The van der Waals surface area contributed by atoms with Gasteiger partial charge in [-0.25, -0.2) is 4.39 Å². The maximum Gasteiger partial charge on any atom is 0.257 e. The number of carbonyl (C=O) groups excluding carboxylic acids is 1. The molecule has 1 aromatic heterocycles. The quantitative estimate of drug-likeness (QED) is 0.501. The van der Waals surface area contributed by atoms with Crippen molar-refractivity contribution in [3.8, 4) is 11.6 Å². The van der Waals surface area contributed by atoms with Crippen LogP contribution in [-0.4, -0.2) is 56.6 Å². The molecule has 1 N–H and O–H groups in total. The topological polar surface area (TPSA) is 66.9 Å². The molecule has 0 saturated carbocycles. The molecule has 0 fully saturated rings. The highest BCUT2D eigenvalue weighted by atomic mass is 19.1. The van der Waals surface area contributed by atoms with Crippen LogP contribution < -0.4 is 19.7 Å². The van der Waals surface area contributed by atoms with E-state index in [4.69, 9.17) is 9.47 Å². The van der Waals surface area contributed by atoms with Crippen LogP contribution in [0, 0.1) is 5.82 Å². The standard InChI is InChI=1S/C27H31FN4O3/c1-29-14-13-24(19-7-5-4-6-8-19)35-21-10-9-20(23(28)17-21)18-32-16-15-31(2)26-22(27(32)33)11-12-25(30-26)34-3/h4-12,17,24,29H,13-16,18H2,1-3H3. The first-order valence-corrected chi connectivity index (χ1v) is 11.7. The van der Waals surface area contributed by atoms with Gasteiger partial charge in [-0.3, -0.25) is 4.79 Å². The minimum atomic E-state index is -0.401. The summed E-state index contributed by atoms with van der Waals surface area (Å²) >= 11 is 0. The highest BCUT2D eigenvalue weighted by Gasteiger charge is 2.27. The third-order valence-electron chi connectivity index (χ3n) is 6.14. The van der Waals surface area contributed by atoms with Gasteiger partial charge in [-0.05, 0) is 31.3 Å². The summed E-state index contributed by atoms with van der Waals surface area (Å²) in [6, 6.07) is 18.1. The Morgan fingerprint density at radius 3 is 2.63 bits per heavy atom. The van der Waals surface area contributed by atoms with Crippen LogP contribution in [0.2, 0.25) is 0 Å². The second-order valence-electron chi connectivity index (χ2n) is 8.54. The number of nitrogens with zero attached hydrogens (tertiary/aromatic N) is 3. The lowest BCUT2D eigenvalue weighted by Gasteiger charge is -2.22. The Balaban J connectivity index is 1.51. The number of nitrogens with one attached hydrogen (secondary N) is 1. The van der Waals surface area contributed by atoms with E-state index in [0.29, 0.717) is 41.7 Å². The molecule has 1 amide bonds. The molecule has 8 heteroatoms. The molecule has 184 valence electrons. The highest BCUT2D eigenvalue weighted by molar-refractivity contribution is 5.99. The fourth-order valence-electron chi connectivity index (χ4n) is 4.14. The first-order chi connectivity index (χ1) is 17.0. The van der Waals surface area contributed by atoms with Gasteiger partial charge in [-0.1, -0.05) is 36.4 Å². The Morgan fingerprint density at radius 2 is 1.91 bits per heavy atom. The molecule has 0 radical (unpaired) electrons. The number of hydrogen-bond donors (Lipinski definition) is 1. The molecular formula is C27H31FN4O3. The summed E-state index contributed by atoms with van der Waals surface area (Å²) in [5, 5.41) is 3.14. The monoisotopic (exact) mass is 478 g/mol. The summed E-state index contributed by atoms with van der Waals surface area (Å²) in [5.74, 6) is 0.883. The number of likely N-dealkylation sites (N-methyl/N-ethyl adjacent to an activating group) is 1. The number of anilines is 1. The molecule has 0 bridgehead atoms. The SMILES string of the molecule is CNCCC(Oc1ccc(CN2CCN(C)c3nc(OC)ccc3C2=O)c(F)c1)c1ccccc1. The summed E-state index contributed by atoms with van der Waals surface area (Å²) in [7, 11) is 5.31. The second-order valence-corrected chi connectivity index (χ2v) is 8.54. The smallest absolute Gasteiger partial charge is 0.257 e.